The molecule has 1 amide bonds. The van der Waals surface area contributed by atoms with Crippen LogP contribution in [0.5, 0.6) is 0 Å². The molecule has 5 rings (SSSR count). The summed E-state index contributed by atoms with van der Waals surface area (Å²) in [4.78, 5) is 17.6. The van der Waals surface area contributed by atoms with Crippen molar-refractivity contribution < 1.29 is 14.3 Å². The first kappa shape index (κ1) is 25.5. The Hall–Kier alpha value is -3.13. The third kappa shape index (κ3) is 6.06. The summed E-state index contributed by atoms with van der Waals surface area (Å²) in [7, 11) is 0. The number of anilines is 2. The van der Waals surface area contributed by atoms with Gasteiger partial charge in [0.25, 0.3) is 5.91 Å². The number of nitrogens with one attached hydrogen (secondary N) is 2. The van der Waals surface area contributed by atoms with E-state index in [1.165, 1.54) is 31.9 Å². The molecular weight excluding hydrogens is 466 g/mol. The summed E-state index contributed by atoms with van der Waals surface area (Å²) in [6, 6.07) is 5.81. The predicted octanol–water partition coefficient (Wildman–Crippen LogP) is 6.23. The molecule has 37 heavy (non-hydrogen) atoms. The molecule has 198 valence electrons. The smallest absolute Gasteiger partial charge is 0.259 e. The van der Waals surface area contributed by atoms with Gasteiger partial charge in [-0.25, -0.2) is 4.98 Å². The molecule has 2 fully saturated rings. The molecule has 8 heteroatoms. The van der Waals surface area contributed by atoms with E-state index in [-0.39, 0.29) is 11.9 Å². The molecule has 0 spiro atoms. The number of carbonyl (C=O) groups is 1. The average molecular weight is 506 g/mol. The molecular formula is C29H39N5O3. The Labute approximate surface area is 218 Å². The molecule has 3 heterocycles. The minimum atomic E-state index is -1.19. The normalized spacial score (nSPS) is 20.3. The topological polar surface area (TPSA) is 105 Å². The average Bonchev–Trinajstić information content (AvgIpc) is 3.38. The number of hydrogen-bond acceptors (Lipinski definition) is 6. The van der Waals surface area contributed by atoms with Crippen molar-refractivity contribution in [1.29, 1.82) is 0 Å². The predicted molar refractivity (Wildman–Crippen MR) is 144 cm³/mol. The number of furan rings is 1. The highest BCUT2D eigenvalue weighted by Gasteiger charge is 2.30. The Bertz CT molecular complexity index is 1230. The molecule has 0 radical (unpaired) electrons. The molecule has 0 saturated heterocycles. The number of hydrogen-bond donors (Lipinski definition) is 3. The highest BCUT2D eigenvalue weighted by atomic mass is 16.3. The van der Waals surface area contributed by atoms with E-state index in [9.17, 15) is 9.90 Å². The molecule has 3 aromatic heterocycles. The van der Waals surface area contributed by atoms with Crippen LogP contribution in [0, 0.1) is 17.8 Å². The van der Waals surface area contributed by atoms with Crippen molar-refractivity contribution in [2.45, 2.75) is 77.9 Å². The summed E-state index contributed by atoms with van der Waals surface area (Å²) < 4.78 is 7.68. The lowest BCUT2D eigenvalue weighted by Gasteiger charge is -2.31. The van der Waals surface area contributed by atoms with Crippen LogP contribution >= 0.6 is 0 Å². The van der Waals surface area contributed by atoms with Gasteiger partial charge >= 0.3 is 0 Å². The van der Waals surface area contributed by atoms with Gasteiger partial charge < -0.3 is 20.2 Å². The minimum Gasteiger partial charge on any atom is -0.464 e. The van der Waals surface area contributed by atoms with Crippen LogP contribution in [0.25, 0.3) is 11.3 Å². The van der Waals surface area contributed by atoms with Crippen LogP contribution in [-0.4, -0.2) is 32.3 Å². The molecule has 0 unspecified atom stereocenters. The van der Waals surface area contributed by atoms with Gasteiger partial charge in [0.05, 0.1) is 17.3 Å². The number of carbonyl (C=O) groups excluding carboxylic acids is 1. The number of aliphatic hydroxyl groups is 1. The second kappa shape index (κ2) is 10.3. The number of rotatable bonds is 9. The van der Waals surface area contributed by atoms with E-state index in [0.717, 1.165) is 42.6 Å². The Balaban J connectivity index is 1.29. The molecule has 2 aliphatic rings. The molecule has 2 aliphatic carbocycles. The Kier molecular flexibility index (Phi) is 7.12. The van der Waals surface area contributed by atoms with Crippen LogP contribution < -0.4 is 10.6 Å². The van der Waals surface area contributed by atoms with E-state index < -0.39 is 5.60 Å². The fourth-order valence-electron chi connectivity index (χ4n) is 5.21. The van der Waals surface area contributed by atoms with Gasteiger partial charge in [0.2, 0.25) is 0 Å². The van der Waals surface area contributed by atoms with Crippen molar-refractivity contribution in [2.24, 2.45) is 17.8 Å². The van der Waals surface area contributed by atoms with Crippen molar-refractivity contribution >= 4 is 17.4 Å². The molecule has 2 saturated carbocycles. The van der Waals surface area contributed by atoms with E-state index in [2.05, 4.69) is 29.5 Å². The van der Waals surface area contributed by atoms with E-state index in [0.29, 0.717) is 28.6 Å². The summed E-state index contributed by atoms with van der Waals surface area (Å²) in [5, 5.41) is 21.9. The second-order valence-corrected chi connectivity index (χ2v) is 11.7. The fraction of sp³-hybridized carbons (Fsp3) is 0.552. The maximum absolute atomic E-state index is 13.2. The van der Waals surface area contributed by atoms with Crippen LogP contribution in [0.1, 0.15) is 88.3 Å². The number of pyridine rings is 1. The summed E-state index contributed by atoms with van der Waals surface area (Å²) in [5.41, 5.74) is 1.07. The van der Waals surface area contributed by atoms with Crippen LogP contribution in [0.3, 0.4) is 0 Å². The summed E-state index contributed by atoms with van der Waals surface area (Å²) >= 11 is 0. The van der Waals surface area contributed by atoms with E-state index in [1.54, 1.807) is 26.1 Å². The first-order valence-corrected chi connectivity index (χ1v) is 13.6. The van der Waals surface area contributed by atoms with Gasteiger partial charge in [0.1, 0.15) is 29.1 Å². The first-order valence-electron chi connectivity index (χ1n) is 13.6. The van der Waals surface area contributed by atoms with Gasteiger partial charge in [-0.15, -0.1) is 0 Å². The highest BCUT2D eigenvalue weighted by Crippen LogP contribution is 2.37. The van der Waals surface area contributed by atoms with Gasteiger partial charge in [-0.1, -0.05) is 13.8 Å². The Morgan fingerprint density at radius 3 is 2.62 bits per heavy atom. The molecule has 8 nitrogen and oxygen atoms in total. The SMILES string of the molecule is CC(C)C1CCC(n2cc(NC(=O)c3coc(-c4ccnc(NCC5CC5)c4)c3)c(C(C)(C)O)n2)CC1. The third-order valence-corrected chi connectivity index (χ3v) is 7.79. The van der Waals surface area contributed by atoms with Gasteiger partial charge in [-0.05, 0) is 88.3 Å². The lowest BCUT2D eigenvalue weighted by Crippen LogP contribution is -2.23. The zero-order chi connectivity index (χ0) is 26.2. The van der Waals surface area contributed by atoms with Crippen molar-refractivity contribution in [3.63, 3.8) is 0 Å². The zero-order valence-corrected chi connectivity index (χ0v) is 22.3. The monoisotopic (exact) mass is 505 g/mol. The molecule has 0 aromatic carbocycles. The van der Waals surface area contributed by atoms with Gasteiger partial charge in [-0.3, -0.25) is 9.48 Å². The van der Waals surface area contributed by atoms with Crippen molar-refractivity contribution in [3.8, 4) is 11.3 Å². The summed E-state index contributed by atoms with van der Waals surface area (Å²) in [5.74, 6) is 3.29. The second-order valence-electron chi connectivity index (χ2n) is 11.7. The lowest BCUT2D eigenvalue weighted by molar-refractivity contribution is 0.0729. The van der Waals surface area contributed by atoms with Gasteiger partial charge in [0, 0.05) is 24.5 Å². The molecule has 0 aliphatic heterocycles. The standard InChI is InChI=1S/C29H39N5O3/c1-18(2)20-7-9-23(10-8-20)34-16-24(27(33-34)29(3,4)36)32-28(35)22-13-25(37-17-22)21-11-12-30-26(14-21)31-15-19-5-6-19/h11-14,16-20,23,36H,5-10,15H2,1-4H3,(H,30,31)(H,32,35). The van der Waals surface area contributed by atoms with E-state index in [1.807, 2.05) is 23.0 Å². The molecule has 0 atom stereocenters. The van der Waals surface area contributed by atoms with Crippen LogP contribution in [0.2, 0.25) is 0 Å². The maximum atomic E-state index is 13.2. The summed E-state index contributed by atoms with van der Waals surface area (Å²) in [6.45, 7) is 8.90. The third-order valence-electron chi connectivity index (χ3n) is 7.79. The van der Waals surface area contributed by atoms with E-state index >= 15 is 0 Å². The molecule has 3 N–H and O–H groups in total. The fourth-order valence-corrected chi connectivity index (χ4v) is 5.21. The van der Waals surface area contributed by atoms with E-state index in [4.69, 9.17) is 9.52 Å². The Morgan fingerprint density at radius 2 is 1.95 bits per heavy atom. The number of aromatic nitrogens is 3. The van der Waals surface area contributed by atoms with Crippen molar-refractivity contribution in [3.05, 3.63) is 48.1 Å². The zero-order valence-electron chi connectivity index (χ0n) is 22.3. The Morgan fingerprint density at radius 1 is 1.19 bits per heavy atom. The van der Waals surface area contributed by atoms with Crippen LogP contribution in [0.15, 0.2) is 41.3 Å². The van der Waals surface area contributed by atoms with Crippen LogP contribution in [-0.2, 0) is 5.60 Å². The minimum absolute atomic E-state index is 0.275. The van der Waals surface area contributed by atoms with Gasteiger partial charge in [-0.2, -0.15) is 5.10 Å². The first-order chi connectivity index (χ1) is 17.7. The molecule has 0 bridgehead atoms. The van der Waals surface area contributed by atoms with Crippen molar-refractivity contribution in [2.75, 3.05) is 17.2 Å². The van der Waals surface area contributed by atoms with Gasteiger partial charge in [0.15, 0.2) is 0 Å². The lowest BCUT2D eigenvalue weighted by atomic mass is 9.80. The summed E-state index contributed by atoms with van der Waals surface area (Å²) in [6.07, 6.45) is 12.1. The highest BCUT2D eigenvalue weighted by molar-refractivity contribution is 6.05. The van der Waals surface area contributed by atoms with Crippen molar-refractivity contribution in [1.82, 2.24) is 14.8 Å². The van der Waals surface area contributed by atoms with Crippen LogP contribution in [0.4, 0.5) is 11.5 Å². The number of nitrogens with zero attached hydrogens (tertiary/aromatic N) is 3. The largest absolute Gasteiger partial charge is 0.464 e. The quantitative estimate of drug-likeness (QED) is 0.318. The maximum Gasteiger partial charge on any atom is 0.259 e. The number of amides is 1. The molecule has 3 aromatic rings.